The van der Waals surface area contributed by atoms with E-state index in [9.17, 15) is 28.6 Å². The minimum atomic E-state index is -3.93. The molecular weight excluding hydrogens is 487 g/mol. The van der Waals surface area contributed by atoms with E-state index in [-0.39, 0.29) is 48.9 Å². The molecule has 36 heavy (non-hydrogen) atoms. The molecule has 1 saturated heterocycles. The van der Waals surface area contributed by atoms with Crippen LogP contribution in [0.1, 0.15) is 39.0 Å². The Morgan fingerprint density at radius 2 is 1.78 bits per heavy atom. The fourth-order valence-electron chi connectivity index (χ4n) is 3.91. The fraction of sp³-hybridized carbons (Fsp3) is 0.292. The number of fused-ring (bicyclic) bond motifs is 1. The van der Waals surface area contributed by atoms with Gasteiger partial charge in [-0.25, -0.2) is 9.78 Å². The molecule has 1 fully saturated rings. The summed E-state index contributed by atoms with van der Waals surface area (Å²) >= 11 is 0. The van der Waals surface area contributed by atoms with Crippen molar-refractivity contribution in [2.45, 2.75) is 45.6 Å². The van der Waals surface area contributed by atoms with Crippen LogP contribution < -0.4 is 16.2 Å². The van der Waals surface area contributed by atoms with Gasteiger partial charge in [0.1, 0.15) is 0 Å². The van der Waals surface area contributed by atoms with E-state index in [1.807, 2.05) is 6.92 Å². The smallest absolute Gasteiger partial charge is 0.333 e. The number of benzene rings is 2. The highest BCUT2D eigenvalue weighted by atomic mass is 31.2. The number of anilines is 1. The van der Waals surface area contributed by atoms with Gasteiger partial charge in [-0.15, -0.1) is 5.06 Å². The zero-order chi connectivity index (χ0) is 25.9. The zero-order valence-electron chi connectivity index (χ0n) is 19.5. The molecule has 2 heterocycles. The van der Waals surface area contributed by atoms with Crippen molar-refractivity contribution in [3.05, 3.63) is 48.5 Å². The topological polar surface area (TPSA) is 148 Å². The number of hydroxylamine groups is 2. The maximum absolute atomic E-state index is 13.3. The van der Waals surface area contributed by atoms with E-state index < -0.39 is 25.2 Å². The molecule has 188 valence electrons. The number of aromatic nitrogens is 2. The Morgan fingerprint density at radius 3 is 2.44 bits per heavy atom. The van der Waals surface area contributed by atoms with E-state index in [2.05, 4.69) is 10.3 Å². The van der Waals surface area contributed by atoms with Crippen LogP contribution in [0.5, 0.6) is 0 Å². The summed E-state index contributed by atoms with van der Waals surface area (Å²) in [6.07, 6.45) is 0.0447. The molecule has 4 rings (SSSR count). The number of nitrogens with zero attached hydrogens (tertiary/aromatic N) is 3. The molecule has 1 unspecified atom stereocenters. The second kappa shape index (κ2) is 10.4. The van der Waals surface area contributed by atoms with Crippen LogP contribution in [0, 0.1) is 0 Å². The maximum atomic E-state index is 13.3. The van der Waals surface area contributed by atoms with Gasteiger partial charge in [0, 0.05) is 43.2 Å². The minimum absolute atomic E-state index is 0.00350. The Balaban J connectivity index is 1.40. The second-order valence-corrected chi connectivity index (χ2v) is 10.3. The van der Waals surface area contributed by atoms with Crippen molar-refractivity contribution in [3.8, 4) is 0 Å². The maximum Gasteiger partial charge on any atom is 0.333 e. The van der Waals surface area contributed by atoms with E-state index in [1.54, 1.807) is 53.1 Å². The predicted octanol–water partition coefficient (Wildman–Crippen LogP) is 1.99. The normalized spacial score (nSPS) is 15.2. The minimum Gasteiger partial charge on any atom is -0.336 e. The summed E-state index contributed by atoms with van der Waals surface area (Å²) in [6, 6.07) is 13.3. The molecule has 12 heteroatoms. The number of amides is 3. The Hall–Kier alpha value is -3.82. The lowest BCUT2D eigenvalue weighted by Crippen LogP contribution is -2.32. The molecule has 0 saturated carbocycles. The van der Waals surface area contributed by atoms with Crippen molar-refractivity contribution in [3.63, 3.8) is 0 Å². The van der Waals surface area contributed by atoms with Crippen LogP contribution in [0.4, 0.5) is 5.69 Å². The molecule has 1 aromatic heterocycles. The van der Waals surface area contributed by atoms with E-state index in [1.165, 1.54) is 0 Å². The van der Waals surface area contributed by atoms with E-state index in [0.717, 1.165) is 0 Å². The molecule has 3 amide bonds. The second-order valence-electron chi connectivity index (χ2n) is 8.22. The third kappa shape index (κ3) is 5.22. The molecule has 11 nitrogen and oxygen atoms in total. The number of imide groups is 1. The summed E-state index contributed by atoms with van der Waals surface area (Å²) in [5.74, 6) is -2.24. The van der Waals surface area contributed by atoms with Crippen LogP contribution in [0.3, 0.4) is 0 Å². The molecule has 0 bridgehead atoms. The summed E-state index contributed by atoms with van der Waals surface area (Å²) in [6.45, 7) is 2.28. The van der Waals surface area contributed by atoms with Crippen LogP contribution in [0.15, 0.2) is 48.5 Å². The van der Waals surface area contributed by atoms with Gasteiger partial charge in [-0.05, 0) is 43.7 Å². The van der Waals surface area contributed by atoms with Crippen LogP contribution in [-0.2, 0) is 35.1 Å². The SMILES string of the molecule is CCn1c(P(=O)(O)c2ccccc2)nc2cc(NC(=O)CCCC(=O)ON3C(=O)CCC3=O)ccc21. The first-order chi connectivity index (χ1) is 17.2. The molecule has 2 aromatic carbocycles. The lowest BCUT2D eigenvalue weighted by atomic mass is 10.2. The van der Waals surface area contributed by atoms with Crippen molar-refractivity contribution < 1.29 is 33.5 Å². The largest absolute Gasteiger partial charge is 0.336 e. The van der Waals surface area contributed by atoms with E-state index in [0.29, 0.717) is 28.3 Å². The third-order valence-corrected chi connectivity index (χ3v) is 7.57. The van der Waals surface area contributed by atoms with Gasteiger partial charge in [0.25, 0.3) is 19.2 Å². The van der Waals surface area contributed by atoms with Crippen LogP contribution in [-0.4, -0.2) is 43.2 Å². The standard InChI is InChI=1S/C24H25N4O7P/c1-2-27-19-12-11-16(15-18(19)26-24(27)36(33,34)17-7-4-3-5-8-17)25-20(29)9-6-10-23(32)35-28-21(30)13-14-22(28)31/h3-5,7-8,11-12,15H,2,6,9-10,13-14H2,1H3,(H,25,29)(H,33,34). The van der Waals surface area contributed by atoms with E-state index >= 15 is 0 Å². The highest BCUT2D eigenvalue weighted by molar-refractivity contribution is 7.73. The summed E-state index contributed by atoms with van der Waals surface area (Å²) in [7, 11) is -3.93. The van der Waals surface area contributed by atoms with Gasteiger partial charge >= 0.3 is 5.97 Å². The zero-order valence-corrected chi connectivity index (χ0v) is 20.4. The fourth-order valence-corrected chi connectivity index (χ4v) is 5.53. The van der Waals surface area contributed by atoms with Crippen LogP contribution >= 0.6 is 7.37 Å². The summed E-state index contributed by atoms with van der Waals surface area (Å²) in [5, 5.41) is 3.48. The third-order valence-electron chi connectivity index (χ3n) is 5.69. The molecule has 1 aliphatic rings. The summed E-state index contributed by atoms with van der Waals surface area (Å²) in [4.78, 5) is 67.3. The number of nitrogens with one attached hydrogen (secondary N) is 1. The molecule has 0 spiro atoms. The Bertz CT molecular complexity index is 1370. The van der Waals surface area contributed by atoms with Crippen molar-refractivity contribution in [1.82, 2.24) is 14.6 Å². The Kier molecular flexibility index (Phi) is 7.32. The molecule has 0 aliphatic carbocycles. The van der Waals surface area contributed by atoms with Gasteiger partial charge in [-0.3, -0.25) is 18.9 Å². The lowest BCUT2D eigenvalue weighted by Gasteiger charge is -2.13. The number of aryl methyl sites for hydroxylation is 1. The number of imidazole rings is 1. The first kappa shape index (κ1) is 25.3. The van der Waals surface area contributed by atoms with Gasteiger partial charge in [0.05, 0.1) is 11.0 Å². The summed E-state index contributed by atoms with van der Waals surface area (Å²) < 4.78 is 14.9. The predicted molar refractivity (Wildman–Crippen MR) is 131 cm³/mol. The van der Waals surface area contributed by atoms with Gasteiger partial charge in [-0.2, -0.15) is 0 Å². The average molecular weight is 512 g/mol. The number of hydrogen-bond acceptors (Lipinski definition) is 7. The Labute approximate surface area is 206 Å². The molecule has 1 aliphatic heterocycles. The number of carbonyl (C=O) groups excluding carboxylic acids is 4. The average Bonchev–Trinajstić information content (AvgIpc) is 3.39. The van der Waals surface area contributed by atoms with Crippen molar-refractivity contribution in [2.24, 2.45) is 0 Å². The molecule has 1 atom stereocenters. The Morgan fingerprint density at radius 1 is 1.08 bits per heavy atom. The van der Waals surface area contributed by atoms with Crippen LogP contribution in [0.25, 0.3) is 11.0 Å². The lowest BCUT2D eigenvalue weighted by molar-refractivity contribution is -0.197. The van der Waals surface area contributed by atoms with Gasteiger partial charge in [0.15, 0.2) is 0 Å². The van der Waals surface area contributed by atoms with Crippen molar-refractivity contribution >= 4 is 58.7 Å². The summed E-state index contributed by atoms with van der Waals surface area (Å²) in [5.41, 5.74) is 1.62. The molecular formula is C24H25N4O7P. The highest BCUT2D eigenvalue weighted by Gasteiger charge is 2.33. The number of carbonyl (C=O) groups is 4. The molecule has 0 radical (unpaired) electrons. The van der Waals surface area contributed by atoms with Gasteiger partial charge < -0.3 is 19.6 Å². The van der Waals surface area contributed by atoms with Crippen molar-refractivity contribution in [2.75, 3.05) is 5.32 Å². The quantitative estimate of drug-likeness (QED) is 0.327. The van der Waals surface area contributed by atoms with Gasteiger partial charge in [-0.1, -0.05) is 18.2 Å². The molecule has 3 aromatic rings. The highest BCUT2D eigenvalue weighted by Crippen LogP contribution is 2.38. The van der Waals surface area contributed by atoms with Gasteiger partial charge in [0.2, 0.25) is 11.5 Å². The first-order valence-electron chi connectivity index (χ1n) is 11.5. The van der Waals surface area contributed by atoms with Crippen LogP contribution in [0.2, 0.25) is 0 Å². The monoisotopic (exact) mass is 512 g/mol. The molecule has 2 N–H and O–H groups in total. The number of hydrogen-bond donors (Lipinski definition) is 2. The van der Waals surface area contributed by atoms with E-state index in [4.69, 9.17) is 4.84 Å². The first-order valence-corrected chi connectivity index (χ1v) is 13.1. The van der Waals surface area contributed by atoms with Crippen molar-refractivity contribution in [1.29, 1.82) is 0 Å². The number of rotatable bonds is 9.